The van der Waals surface area contributed by atoms with Gasteiger partial charge in [0.05, 0.1) is 0 Å². The van der Waals surface area contributed by atoms with E-state index in [1.807, 2.05) is 35.3 Å². The van der Waals surface area contributed by atoms with E-state index in [0.29, 0.717) is 12.1 Å². The van der Waals surface area contributed by atoms with E-state index < -0.39 is 0 Å². The van der Waals surface area contributed by atoms with Gasteiger partial charge < -0.3 is 14.4 Å². The number of nitrogens with zero attached hydrogens (tertiary/aromatic N) is 1. The van der Waals surface area contributed by atoms with Crippen LogP contribution < -0.4 is 9.47 Å². The first-order chi connectivity index (χ1) is 10.6. The second-order valence-corrected chi connectivity index (χ2v) is 5.85. The van der Waals surface area contributed by atoms with Crippen molar-refractivity contribution < 1.29 is 14.3 Å². The number of carbonyl (C=O) groups is 1. The Balaban J connectivity index is 1.60. The van der Waals surface area contributed by atoms with Crippen LogP contribution >= 0.6 is 0 Å². The highest BCUT2D eigenvalue weighted by Crippen LogP contribution is 2.32. The zero-order chi connectivity index (χ0) is 15.5. The number of benzene rings is 1. The molecule has 1 fully saturated rings. The Bertz CT molecular complexity index is 611. The van der Waals surface area contributed by atoms with Crippen LogP contribution in [0.3, 0.4) is 0 Å². The molecule has 2 aliphatic rings. The molecule has 1 amide bonds. The summed E-state index contributed by atoms with van der Waals surface area (Å²) < 4.78 is 10.6. The summed E-state index contributed by atoms with van der Waals surface area (Å²) >= 11 is 0. The van der Waals surface area contributed by atoms with Crippen LogP contribution in [0.1, 0.15) is 32.3 Å². The quantitative estimate of drug-likeness (QED) is 0.634. The number of fused-ring (bicyclic) bond motifs is 1. The molecule has 0 N–H and O–H groups in total. The standard InChI is InChI=1S/C18H21NO3/c1-13-7-8-14(2)19(13)18(20)6-4-3-5-15-9-10-16-17(11-15)22-12-21-16/h3-6,9-11,13-14H,7-8,12H2,1-2H3/t13-,14-/m0/s1. The summed E-state index contributed by atoms with van der Waals surface area (Å²) in [5.41, 5.74) is 1.02. The highest BCUT2D eigenvalue weighted by atomic mass is 16.7. The van der Waals surface area contributed by atoms with Crippen molar-refractivity contribution >= 4 is 12.0 Å². The molecule has 1 saturated heterocycles. The molecule has 116 valence electrons. The van der Waals surface area contributed by atoms with E-state index in [1.165, 1.54) is 0 Å². The van der Waals surface area contributed by atoms with Crippen molar-refractivity contribution in [1.29, 1.82) is 0 Å². The summed E-state index contributed by atoms with van der Waals surface area (Å²) in [6.45, 7) is 4.50. The smallest absolute Gasteiger partial charge is 0.247 e. The molecule has 4 nitrogen and oxygen atoms in total. The van der Waals surface area contributed by atoms with Gasteiger partial charge in [-0.1, -0.05) is 24.3 Å². The fraction of sp³-hybridized carbons (Fsp3) is 0.389. The second-order valence-electron chi connectivity index (χ2n) is 5.85. The molecule has 0 aliphatic carbocycles. The van der Waals surface area contributed by atoms with Gasteiger partial charge in [0.25, 0.3) is 0 Å². The number of hydrogen-bond acceptors (Lipinski definition) is 3. The summed E-state index contributed by atoms with van der Waals surface area (Å²) in [7, 11) is 0. The molecule has 0 spiro atoms. The van der Waals surface area contributed by atoms with Gasteiger partial charge in [-0.05, 0) is 44.4 Å². The number of rotatable bonds is 3. The lowest BCUT2D eigenvalue weighted by atomic mass is 10.2. The zero-order valence-corrected chi connectivity index (χ0v) is 13.0. The lowest BCUT2D eigenvalue weighted by Crippen LogP contribution is -2.37. The van der Waals surface area contributed by atoms with Crippen molar-refractivity contribution in [1.82, 2.24) is 4.90 Å². The fourth-order valence-corrected chi connectivity index (χ4v) is 3.04. The Hall–Kier alpha value is -2.23. The first-order valence-electron chi connectivity index (χ1n) is 7.72. The molecule has 3 rings (SSSR count). The molecule has 22 heavy (non-hydrogen) atoms. The molecule has 1 aromatic rings. The lowest BCUT2D eigenvalue weighted by molar-refractivity contribution is -0.128. The highest BCUT2D eigenvalue weighted by molar-refractivity contribution is 5.88. The first kappa shape index (κ1) is 14.7. The van der Waals surface area contributed by atoms with Crippen LogP contribution in [0.4, 0.5) is 0 Å². The van der Waals surface area contributed by atoms with E-state index in [1.54, 1.807) is 12.2 Å². The van der Waals surface area contributed by atoms with Gasteiger partial charge in [-0.3, -0.25) is 4.79 Å². The van der Waals surface area contributed by atoms with Gasteiger partial charge in [0.2, 0.25) is 12.7 Å². The summed E-state index contributed by atoms with van der Waals surface area (Å²) in [6.07, 6.45) is 9.44. The molecule has 2 aliphatic heterocycles. The number of amides is 1. The first-order valence-corrected chi connectivity index (χ1v) is 7.72. The average molecular weight is 299 g/mol. The van der Waals surface area contributed by atoms with Gasteiger partial charge in [0, 0.05) is 18.2 Å². The molecule has 1 aromatic carbocycles. The van der Waals surface area contributed by atoms with Crippen LogP contribution in [-0.2, 0) is 4.79 Å². The van der Waals surface area contributed by atoms with E-state index in [2.05, 4.69) is 13.8 Å². The molecule has 0 unspecified atom stereocenters. The van der Waals surface area contributed by atoms with Crippen molar-refractivity contribution in [2.75, 3.05) is 6.79 Å². The SMILES string of the molecule is C[C@H]1CC[C@H](C)N1C(=O)C=CC=Cc1ccc2c(c1)OCO2. The molecule has 0 saturated carbocycles. The predicted molar refractivity (Wildman–Crippen MR) is 85.7 cm³/mol. The maximum Gasteiger partial charge on any atom is 0.247 e. The number of likely N-dealkylation sites (tertiary alicyclic amines) is 1. The Labute approximate surface area is 131 Å². The Morgan fingerprint density at radius 3 is 2.64 bits per heavy atom. The monoisotopic (exact) mass is 299 g/mol. The maximum absolute atomic E-state index is 12.2. The third kappa shape index (κ3) is 3.01. The lowest BCUT2D eigenvalue weighted by Gasteiger charge is -2.24. The number of carbonyl (C=O) groups excluding carboxylic acids is 1. The summed E-state index contributed by atoms with van der Waals surface area (Å²) in [6, 6.07) is 6.46. The largest absolute Gasteiger partial charge is 0.454 e. The Morgan fingerprint density at radius 1 is 1.14 bits per heavy atom. The molecule has 2 atom stereocenters. The molecule has 0 aromatic heterocycles. The molecule has 4 heteroatoms. The Morgan fingerprint density at radius 2 is 1.86 bits per heavy atom. The number of ether oxygens (including phenoxy) is 2. The third-order valence-electron chi connectivity index (χ3n) is 4.24. The zero-order valence-electron chi connectivity index (χ0n) is 13.0. The van der Waals surface area contributed by atoms with E-state index in [9.17, 15) is 4.79 Å². The fourth-order valence-electron chi connectivity index (χ4n) is 3.04. The minimum absolute atomic E-state index is 0.0906. The second kappa shape index (κ2) is 6.26. The third-order valence-corrected chi connectivity index (χ3v) is 4.24. The summed E-state index contributed by atoms with van der Waals surface area (Å²) in [4.78, 5) is 14.2. The van der Waals surface area contributed by atoms with Crippen molar-refractivity contribution in [3.8, 4) is 11.5 Å². The number of hydrogen-bond donors (Lipinski definition) is 0. The maximum atomic E-state index is 12.2. The summed E-state index contributed by atoms with van der Waals surface area (Å²) in [5, 5.41) is 0. The van der Waals surface area contributed by atoms with E-state index >= 15 is 0 Å². The van der Waals surface area contributed by atoms with Gasteiger partial charge in [0.15, 0.2) is 11.5 Å². The van der Waals surface area contributed by atoms with Crippen LogP contribution in [0.25, 0.3) is 6.08 Å². The van der Waals surface area contributed by atoms with Crippen LogP contribution in [0.5, 0.6) is 11.5 Å². The molecule has 0 radical (unpaired) electrons. The normalized spacial score (nSPS) is 23.8. The van der Waals surface area contributed by atoms with Crippen molar-refractivity contribution in [3.63, 3.8) is 0 Å². The molecular weight excluding hydrogens is 278 g/mol. The van der Waals surface area contributed by atoms with Crippen LogP contribution in [0.15, 0.2) is 36.4 Å². The predicted octanol–water partition coefficient (Wildman–Crippen LogP) is 3.38. The minimum atomic E-state index is 0.0906. The van der Waals surface area contributed by atoms with Crippen molar-refractivity contribution in [2.45, 2.75) is 38.8 Å². The van der Waals surface area contributed by atoms with E-state index in [-0.39, 0.29) is 12.7 Å². The topological polar surface area (TPSA) is 38.8 Å². The van der Waals surface area contributed by atoms with Gasteiger partial charge >= 0.3 is 0 Å². The van der Waals surface area contributed by atoms with Crippen LogP contribution in [0, 0.1) is 0 Å². The van der Waals surface area contributed by atoms with Crippen molar-refractivity contribution in [2.24, 2.45) is 0 Å². The summed E-state index contributed by atoms with van der Waals surface area (Å²) in [5.74, 6) is 1.63. The van der Waals surface area contributed by atoms with Crippen LogP contribution in [0.2, 0.25) is 0 Å². The van der Waals surface area contributed by atoms with Gasteiger partial charge in [-0.25, -0.2) is 0 Å². The van der Waals surface area contributed by atoms with Gasteiger partial charge in [0.1, 0.15) is 0 Å². The van der Waals surface area contributed by atoms with Crippen LogP contribution in [-0.4, -0.2) is 29.7 Å². The minimum Gasteiger partial charge on any atom is -0.454 e. The molecule has 2 heterocycles. The van der Waals surface area contributed by atoms with Crippen molar-refractivity contribution in [3.05, 3.63) is 42.0 Å². The molecular formula is C18H21NO3. The van der Waals surface area contributed by atoms with E-state index in [4.69, 9.17) is 9.47 Å². The highest BCUT2D eigenvalue weighted by Gasteiger charge is 2.29. The average Bonchev–Trinajstić information content (AvgIpc) is 3.09. The van der Waals surface area contributed by atoms with E-state index in [0.717, 1.165) is 29.9 Å². The number of allylic oxidation sites excluding steroid dienone is 2. The molecule has 0 bridgehead atoms. The van der Waals surface area contributed by atoms with Gasteiger partial charge in [-0.15, -0.1) is 0 Å². The van der Waals surface area contributed by atoms with Gasteiger partial charge in [-0.2, -0.15) is 0 Å². The Kier molecular flexibility index (Phi) is 4.18.